The van der Waals surface area contributed by atoms with Crippen LogP contribution in [0.3, 0.4) is 0 Å². The normalized spacial score (nSPS) is 9.12. The smallest absolute Gasteiger partial charge is 0.0393 e. The zero-order valence-electron chi connectivity index (χ0n) is 9.35. The molecule has 0 amide bonds. The molecule has 0 radical (unpaired) electrons. The fourth-order valence-electron chi connectivity index (χ4n) is 1.38. The van der Waals surface area contributed by atoms with E-state index in [0.29, 0.717) is 0 Å². The van der Waals surface area contributed by atoms with Crippen LogP contribution in [0.5, 0.6) is 0 Å². The molecule has 0 bridgehead atoms. The Hall–Kier alpha value is -1.84. The number of hydrogen-bond donors (Lipinski definition) is 3. The number of rotatable bonds is 1. The molecule has 0 aliphatic carbocycles. The van der Waals surface area contributed by atoms with Gasteiger partial charge in [0.2, 0.25) is 0 Å². The average Bonchev–Trinajstić information content (AvgIpc) is 2.32. The van der Waals surface area contributed by atoms with E-state index in [4.69, 9.17) is 5.73 Å². The molecular weight excluding hydrogens is 198 g/mol. The molecule has 0 saturated carbocycles. The Morgan fingerprint density at radius 3 is 1.94 bits per heavy atom. The lowest BCUT2D eigenvalue weighted by Crippen LogP contribution is -2.13. The molecule has 84 valence electrons. The maximum absolute atomic E-state index is 5.85. The van der Waals surface area contributed by atoms with Gasteiger partial charge in [-0.15, -0.1) is 0 Å². The van der Waals surface area contributed by atoms with Gasteiger partial charge in [0.25, 0.3) is 0 Å². The zero-order chi connectivity index (χ0) is 11.8. The van der Waals surface area contributed by atoms with Gasteiger partial charge in [0.05, 0.1) is 0 Å². The van der Waals surface area contributed by atoms with Crippen LogP contribution in [0.4, 0.5) is 5.69 Å². The van der Waals surface area contributed by atoms with Crippen molar-refractivity contribution >= 4 is 5.69 Å². The number of nitrogens with one attached hydrogen (secondary N) is 1. The van der Waals surface area contributed by atoms with E-state index in [2.05, 4.69) is 23.4 Å². The van der Waals surface area contributed by atoms with Gasteiger partial charge >= 0.3 is 0 Å². The van der Waals surface area contributed by atoms with Crippen molar-refractivity contribution in [2.24, 2.45) is 5.84 Å². The average molecular weight is 215 g/mol. The molecule has 0 aliphatic heterocycles. The number of para-hydroxylation sites is 1. The Bertz CT molecular complexity index is 413. The molecule has 0 heterocycles. The van der Waals surface area contributed by atoms with E-state index in [1.807, 2.05) is 42.5 Å². The first-order chi connectivity index (χ1) is 7.79. The van der Waals surface area contributed by atoms with Crippen molar-refractivity contribution < 1.29 is 0 Å². The van der Waals surface area contributed by atoms with E-state index in [-0.39, 0.29) is 0 Å². The monoisotopic (exact) mass is 215 g/mol. The molecule has 2 rings (SSSR count). The molecule has 2 aromatic carbocycles. The molecule has 5 N–H and O–H groups in total. The number of anilines is 1. The summed E-state index contributed by atoms with van der Waals surface area (Å²) >= 11 is 0. The summed E-state index contributed by atoms with van der Waals surface area (Å²) < 4.78 is 0. The summed E-state index contributed by atoms with van der Waals surface area (Å²) in [4.78, 5) is 0. The molecule has 0 unspecified atom stereocenters. The van der Waals surface area contributed by atoms with E-state index < -0.39 is 0 Å². The lowest BCUT2D eigenvalue weighted by molar-refractivity contribution is 0.900. The maximum atomic E-state index is 5.85. The standard InChI is InChI=1S/C12H11N.CH6N2/c13-12-9-5-4-8-11(12)10-6-2-1-3-7-10;1-3-2/h1-9H,13H2;3H,2H2,1H3. The summed E-state index contributed by atoms with van der Waals surface area (Å²) in [5, 5.41) is 0. The largest absolute Gasteiger partial charge is 0.398 e. The molecule has 0 fully saturated rings. The SMILES string of the molecule is CNN.Nc1ccccc1-c1ccccc1. The molecule has 3 nitrogen and oxygen atoms in total. The predicted molar refractivity (Wildman–Crippen MR) is 69.5 cm³/mol. The third-order valence-corrected chi connectivity index (χ3v) is 2.05. The third-order valence-electron chi connectivity index (χ3n) is 2.05. The highest BCUT2D eigenvalue weighted by Crippen LogP contribution is 2.24. The lowest BCUT2D eigenvalue weighted by Gasteiger charge is -2.03. The van der Waals surface area contributed by atoms with Gasteiger partial charge in [-0.05, 0) is 18.7 Å². The molecule has 0 aliphatic rings. The Morgan fingerprint density at radius 1 is 0.875 bits per heavy atom. The quantitative estimate of drug-likeness (QED) is 0.387. The van der Waals surface area contributed by atoms with Crippen molar-refractivity contribution in [2.45, 2.75) is 0 Å². The minimum absolute atomic E-state index is 0.828. The van der Waals surface area contributed by atoms with Gasteiger partial charge in [-0.3, -0.25) is 11.3 Å². The minimum atomic E-state index is 0.828. The second-order valence-electron chi connectivity index (χ2n) is 3.24. The Balaban J connectivity index is 0.000000386. The first kappa shape index (κ1) is 12.2. The Labute approximate surface area is 96.1 Å². The zero-order valence-corrected chi connectivity index (χ0v) is 9.35. The van der Waals surface area contributed by atoms with Crippen LogP contribution in [0.1, 0.15) is 0 Å². The van der Waals surface area contributed by atoms with Crippen molar-refractivity contribution in [2.75, 3.05) is 12.8 Å². The highest BCUT2D eigenvalue weighted by molar-refractivity contribution is 5.75. The molecule has 0 spiro atoms. The summed E-state index contributed by atoms with van der Waals surface area (Å²) in [7, 11) is 1.65. The van der Waals surface area contributed by atoms with Crippen LogP contribution < -0.4 is 17.0 Å². The Morgan fingerprint density at radius 2 is 1.38 bits per heavy atom. The highest BCUT2D eigenvalue weighted by atomic mass is 15.2. The van der Waals surface area contributed by atoms with Crippen molar-refractivity contribution in [1.82, 2.24) is 5.43 Å². The summed E-state index contributed by atoms with van der Waals surface area (Å²) in [5.74, 6) is 4.60. The summed E-state index contributed by atoms with van der Waals surface area (Å²) in [6.45, 7) is 0. The minimum Gasteiger partial charge on any atom is -0.398 e. The lowest BCUT2D eigenvalue weighted by atomic mass is 10.0. The van der Waals surface area contributed by atoms with Gasteiger partial charge in [0, 0.05) is 11.3 Å². The maximum Gasteiger partial charge on any atom is 0.0393 e. The summed E-state index contributed by atoms with van der Waals surface area (Å²) in [6, 6.07) is 18.1. The van der Waals surface area contributed by atoms with Gasteiger partial charge in [-0.1, -0.05) is 48.5 Å². The van der Waals surface area contributed by atoms with Crippen molar-refractivity contribution in [3.63, 3.8) is 0 Å². The van der Waals surface area contributed by atoms with Crippen LogP contribution >= 0.6 is 0 Å². The number of nitrogens with two attached hydrogens (primary N) is 2. The van der Waals surface area contributed by atoms with E-state index in [1.54, 1.807) is 7.05 Å². The van der Waals surface area contributed by atoms with Gasteiger partial charge < -0.3 is 5.73 Å². The molecule has 0 aromatic heterocycles. The number of hydrazine groups is 1. The third kappa shape index (κ3) is 3.38. The fourth-order valence-corrected chi connectivity index (χ4v) is 1.38. The molecule has 3 heteroatoms. The molecule has 0 atom stereocenters. The first-order valence-corrected chi connectivity index (χ1v) is 5.07. The van der Waals surface area contributed by atoms with Gasteiger partial charge in [-0.2, -0.15) is 0 Å². The van der Waals surface area contributed by atoms with Crippen LogP contribution in [-0.4, -0.2) is 7.05 Å². The Kier molecular flexibility index (Phi) is 5.05. The van der Waals surface area contributed by atoms with Crippen LogP contribution in [-0.2, 0) is 0 Å². The van der Waals surface area contributed by atoms with E-state index in [1.165, 1.54) is 5.56 Å². The first-order valence-electron chi connectivity index (χ1n) is 5.07. The van der Waals surface area contributed by atoms with Crippen molar-refractivity contribution in [1.29, 1.82) is 0 Å². The second-order valence-corrected chi connectivity index (χ2v) is 3.24. The molecular formula is C13H17N3. The number of hydrogen-bond acceptors (Lipinski definition) is 3. The molecule has 2 aromatic rings. The van der Waals surface area contributed by atoms with E-state index >= 15 is 0 Å². The van der Waals surface area contributed by atoms with Crippen molar-refractivity contribution in [3.8, 4) is 11.1 Å². The van der Waals surface area contributed by atoms with Gasteiger partial charge in [0.1, 0.15) is 0 Å². The predicted octanol–water partition coefficient (Wildman–Crippen LogP) is 2.02. The number of nitrogen functional groups attached to an aromatic ring is 1. The summed E-state index contributed by atoms with van der Waals surface area (Å²) in [5.41, 5.74) is 11.2. The van der Waals surface area contributed by atoms with Crippen LogP contribution in [0.2, 0.25) is 0 Å². The molecule has 16 heavy (non-hydrogen) atoms. The fraction of sp³-hybridized carbons (Fsp3) is 0.0769. The second kappa shape index (κ2) is 6.61. The van der Waals surface area contributed by atoms with Gasteiger partial charge in [-0.25, -0.2) is 0 Å². The van der Waals surface area contributed by atoms with Gasteiger partial charge in [0.15, 0.2) is 0 Å². The topological polar surface area (TPSA) is 64.1 Å². The van der Waals surface area contributed by atoms with Crippen LogP contribution in [0.15, 0.2) is 54.6 Å². The van der Waals surface area contributed by atoms with E-state index in [9.17, 15) is 0 Å². The highest BCUT2D eigenvalue weighted by Gasteiger charge is 1.98. The number of benzene rings is 2. The van der Waals surface area contributed by atoms with E-state index in [0.717, 1.165) is 11.3 Å². The summed E-state index contributed by atoms with van der Waals surface area (Å²) in [6.07, 6.45) is 0. The van der Waals surface area contributed by atoms with Crippen molar-refractivity contribution in [3.05, 3.63) is 54.6 Å². The molecule has 0 saturated heterocycles. The van der Waals surface area contributed by atoms with Crippen LogP contribution in [0, 0.1) is 0 Å². The van der Waals surface area contributed by atoms with Crippen LogP contribution in [0.25, 0.3) is 11.1 Å².